The molecule has 0 heterocycles. The van der Waals surface area contributed by atoms with Gasteiger partial charge in [0.2, 0.25) is 11.8 Å². The summed E-state index contributed by atoms with van der Waals surface area (Å²) in [5, 5.41) is 5.62. The standard InChI is InChI=1S/C21H26N2O4/c1-16(24)22-15-7-3-4-10-21(25)23-17-11-13-18(14-12-17)27-20-9-6-5-8-19(20)26-2/h5-6,8-9,11-14H,3-4,7,10,15H2,1-2H3,(H,22,24)(H,23,25). The number of unbranched alkanes of at least 4 members (excludes halogenated alkanes) is 2. The topological polar surface area (TPSA) is 76.7 Å². The van der Waals surface area contributed by atoms with Gasteiger partial charge < -0.3 is 20.1 Å². The fourth-order valence-electron chi connectivity index (χ4n) is 2.51. The fourth-order valence-corrected chi connectivity index (χ4v) is 2.51. The Hall–Kier alpha value is -3.02. The van der Waals surface area contributed by atoms with Crippen LogP contribution >= 0.6 is 0 Å². The Morgan fingerprint density at radius 1 is 0.926 bits per heavy atom. The van der Waals surface area contributed by atoms with E-state index in [9.17, 15) is 9.59 Å². The number of hydrogen-bond acceptors (Lipinski definition) is 4. The van der Waals surface area contributed by atoms with Crippen molar-refractivity contribution >= 4 is 17.5 Å². The Morgan fingerprint density at radius 2 is 1.63 bits per heavy atom. The van der Waals surface area contributed by atoms with Crippen molar-refractivity contribution in [1.29, 1.82) is 0 Å². The van der Waals surface area contributed by atoms with Crippen LogP contribution in [0.1, 0.15) is 32.6 Å². The SMILES string of the molecule is COc1ccccc1Oc1ccc(NC(=O)CCCCCNC(C)=O)cc1. The third-order valence-corrected chi connectivity index (χ3v) is 3.89. The molecule has 0 aliphatic carbocycles. The van der Waals surface area contributed by atoms with Crippen LogP contribution in [0.25, 0.3) is 0 Å². The number of anilines is 1. The highest BCUT2D eigenvalue weighted by atomic mass is 16.5. The molecule has 0 aromatic heterocycles. The molecule has 2 aromatic carbocycles. The highest BCUT2D eigenvalue weighted by Crippen LogP contribution is 2.31. The number of para-hydroxylation sites is 2. The number of carbonyl (C=O) groups is 2. The summed E-state index contributed by atoms with van der Waals surface area (Å²) in [4.78, 5) is 22.7. The Balaban J connectivity index is 1.75. The Morgan fingerprint density at radius 3 is 2.30 bits per heavy atom. The molecule has 27 heavy (non-hydrogen) atoms. The van der Waals surface area contributed by atoms with E-state index in [-0.39, 0.29) is 11.8 Å². The second-order valence-corrected chi connectivity index (χ2v) is 6.12. The van der Waals surface area contributed by atoms with Crippen LogP contribution in [0.3, 0.4) is 0 Å². The summed E-state index contributed by atoms with van der Waals surface area (Å²) in [6.07, 6.45) is 3.03. The van der Waals surface area contributed by atoms with E-state index in [2.05, 4.69) is 10.6 Å². The van der Waals surface area contributed by atoms with Crippen molar-refractivity contribution in [2.24, 2.45) is 0 Å². The van der Waals surface area contributed by atoms with E-state index >= 15 is 0 Å². The predicted octanol–water partition coefficient (Wildman–Crippen LogP) is 4.12. The molecular weight excluding hydrogens is 344 g/mol. The molecule has 144 valence electrons. The first-order valence-electron chi connectivity index (χ1n) is 9.03. The van der Waals surface area contributed by atoms with E-state index in [0.717, 1.165) is 24.9 Å². The zero-order valence-electron chi connectivity index (χ0n) is 15.8. The smallest absolute Gasteiger partial charge is 0.224 e. The van der Waals surface area contributed by atoms with E-state index in [1.54, 1.807) is 31.4 Å². The average molecular weight is 370 g/mol. The summed E-state index contributed by atoms with van der Waals surface area (Å²) in [6, 6.07) is 14.6. The van der Waals surface area contributed by atoms with Gasteiger partial charge in [-0.3, -0.25) is 9.59 Å². The average Bonchev–Trinajstić information content (AvgIpc) is 2.66. The molecule has 2 aromatic rings. The number of hydrogen-bond donors (Lipinski definition) is 2. The molecule has 6 nitrogen and oxygen atoms in total. The van der Waals surface area contributed by atoms with Crippen molar-refractivity contribution in [3.8, 4) is 17.2 Å². The van der Waals surface area contributed by atoms with Crippen molar-refractivity contribution in [2.45, 2.75) is 32.6 Å². The molecule has 2 N–H and O–H groups in total. The second-order valence-electron chi connectivity index (χ2n) is 6.12. The molecule has 0 radical (unpaired) electrons. The third-order valence-electron chi connectivity index (χ3n) is 3.89. The first-order valence-corrected chi connectivity index (χ1v) is 9.03. The molecule has 2 rings (SSSR count). The maximum atomic E-state index is 12.0. The maximum Gasteiger partial charge on any atom is 0.224 e. The maximum absolute atomic E-state index is 12.0. The molecule has 0 aliphatic heterocycles. The zero-order valence-corrected chi connectivity index (χ0v) is 15.8. The number of rotatable bonds is 10. The van der Waals surface area contributed by atoms with E-state index in [1.807, 2.05) is 24.3 Å². The van der Waals surface area contributed by atoms with Crippen molar-refractivity contribution in [3.05, 3.63) is 48.5 Å². The lowest BCUT2D eigenvalue weighted by Gasteiger charge is -2.11. The van der Waals surface area contributed by atoms with Crippen LogP contribution in [0, 0.1) is 0 Å². The lowest BCUT2D eigenvalue weighted by atomic mass is 10.2. The fraction of sp³-hybridized carbons (Fsp3) is 0.333. The summed E-state index contributed by atoms with van der Waals surface area (Å²) >= 11 is 0. The van der Waals surface area contributed by atoms with Gasteiger partial charge in [0, 0.05) is 25.6 Å². The molecule has 0 atom stereocenters. The minimum atomic E-state index is -0.0223. The van der Waals surface area contributed by atoms with Gasteiger partial charge in [-0.05, 0) is 49.2 Å². The number of amides is 2. The number of carbonyl (C=O) groups excluding carboxylic acids is 2. The summed E-state index contributed by atoms with van der Waals surface area (Å²) in [5.74, 6) is 1.92. The van der Waals surface area contributed by atoms with Crippen LogP contribution in [0.2, 0.25) is 0 Å². The largest absolute Gasteiger partial charge is 0.493 e. The molecule has 0 aliphatic rings. The minimum absolute atomic E-state index is 0.0204. The minimum Gasteiger partial charge on any atom is -0.493 e. The van der Waals surface area contributed by atoms with Crippen molar-refractivity contribution in [3.63, 3.8) is 0 Å². The molecule has 0 bridgehead atoms. The summed E-state index contributed by atoms with van der Waals surface area (Å²) in [5.41, 5.74) is 0.727. The van der Waals surface area contributed by atoms with E-state index in [4.69, 9.17) is 9.47 Å². The van der Waals surface area contributed by atoms with Crippen LogP contribution in [0.5, 0.6) is 17.2 Å². The molecule has 6 heteroatoms. The van der Waals surface area contributed by atoms with Crippen molar-refractivity contribution in [2.75, 3.05) is 19.0 Å². The van der Waals surface area contributed by atoms with Gasteiger partial charge in [0.05, 0.1) is 7.11 Å². The normalized spacial score (nSPS) is 10.1. The summed E-state index contributed by atoms with van der Waals surface area (Å²) in [7, 11) is 1.60. The van der Waals surface area contributed by atoms with E-state index in [0.29, 0.717) is 30.2 Å². The van der Waals surface area contributed by atoms with Gasteiger partial charge >= 0.3 is 0 Å². The molecule has 0 saturated heterocycles. The predicted molar refractivity (Wildman–Crippen MR) is 105 cm³/mol. The van der Waals surface area contributed by atoms with Crippen LogP contribution in [0.15, 0.2) is 48.5 Å². The lowest BCUT2D eigenvalue weighted by Crippen LogP contribution is -2.20. The molecule has 0 fully saturated rings. The van der Waals surface area contributed by atoms with E-state index < -0.39 is 0 Å². The van der Waals surface area contributed by atoms with Crippen LogP contribution < -0.4 is 20.1 Å². The first kappa shape index (κ1) is 20.3. The number of methoxy groups -OCH3 is 1. The first-order chi connectivity index (χ1) is 13.1. The van der Waals surface area contributed by atoms with Crippen LogP contribution in [-0.4, -0.2) is 25.5 Å². The number of ether oxygens (including phenoxy) is 2. The molecule has 0 spiro atoms. The highest BCUT2D eigenvalue weighted by molar-refractivity contribution is 5.90. The zero-order chi connectivity index (χ0) is 19.5. The Bertz CT molecular complexity index is 744. The molecule has 2 amide bonds. The summed E-state index contributed by atoms with van der Waals surface area (Å²) in [6.45, 7) is 2.16. The van der Waals surface area contributed by atoms with Gasteiger partial charge in [0.25, 0.3) is 0 Å². The van der Waals surface area contributed by atoms with Gasteiger partial charge in [-0.15, -0.1) is 0 Å². The van der Waals surface area contributed by atoms with Crippen LogP contribution in [-0.2, 0) is 9.59 Å². The summed E-state index contributed by atoms with van der Waals surface area (Å²) < 4.78 is 11.1. The lowest BCUT2D eigenvalue weighted by molar-refractivity contribution is -0.119. The van der Waals surface area contributed by atoms with Gasteiger partial charge in [-0.1, -0.05) is 18.6 Å². The quantitative estimate of drug-likeness (QED) is 0.617. The van der Waals surface area contributed by atoms with E-state index in [1.165, 1.54) is 6.92 Å². The molecule has 0 saturated carbocycles. The van der Waals surface area contributed by atoms with Gasteiger partial charge in [0.15, 0.2) is 11.5 Å². The molecule has 0 unspecified atom stereocenters. The van der Waals surface area contributed by atoms with Crippen molar-refractivity contribution in [1.82, 2.24) is 5.32 Å². The van der Waals surface area contributed by atoms with Gasteiger partial charge in [0.1, 0.15) is 5.75 Å². The van der Waals surface area contributed by atoms with Crippen LogP contribution in [0.4, 0.5) is 5.69 Å². The third kappa shape index (κ3) is 7.40. The monoisotopic (exact) mass is 370 g/mol. The second kappa shape index (κ2) is 10.9. The Kier molecular flexibility index (Phi) is 8.16. The number of nitrogens with one attached hydrogen (secondary N) is 2. The number of benzene rings is 2. The van der Waals surface area contributed by atoms with Gasteiger partial charge in [-0.25, -0.2) is 0 Å². The Labute approximate surface area is 159 Å². The highest BCUT2D eigenvalue weighted by Gasteiger charge is 2.06. The van der Waals surface area contributed by atoms with Gasteiger partial charge in [-0.2, -0.15) is 0 Å². The van der Waals surface area contributed by atoms with Crippen molar-refractivity contribution < 1.29 is 19.1 Å². The molecular formula is C21H26N2O4.